The fraction of sp³-hybridized carbons (Fsp3) is 0.618. The molecule has 4 aliphatic heterocycles. The first kappa shape index (κ1) is 32.3. The van der Waals surface area contributed by atoms with E-state index in [9.17, 15) is 19.5 Å². The molecule has 240 valence electrons. The van der Waals surface area contributed by atoms with Crippen LogP contribution >= 0.6 is 0 Å². The van der Waals surface area contributed by atoms with Gasteiger partial charge < -0.3 is 29.3 Å². The molecular weight excluding hydrogens is 560 g/mol. The van der Waals surface area contributed by atoms with Crippen molar-refractivity contribution in [2.24, 2.45) is 17.8 Å². The second kappa shape index (κ2) is 13.5. The molecule has 10 heteroatoms. The number of rotatable bonds is 14. The Bertz CT molecular complexity index is 1220. The number of aliphatic hydroxyl groups is 1. The number of morpholine rings is 1. The Balaban J connectivity index is 1.51. The number of amides is 3. The van der Waals surface area contributed by atoms with Gasteiger partial charge in [-0.25, -0.2) is 0 Å². The molecule has 10 nitrogen and oxygen atoms in total. The van der Waals surface area contributed by atoms with Crippen LogP contribution in [0.25, 0.3) is 0 Å². The number of nitrogens with zero attached hydrogens (tertiary/aromatic N) is 4. The summed E-state index contributed by atoms with van der Waals surface area (Å²) in [5.74, 6) is -2.19. The Kier molecular flexibility index (Phi) is 9.94. The molecule has 5 rings (SSSR count). The van der Waals surface area contributed by atoms with E-state index in [0.717, 1.165) is 18.8 Å². The quantitative estimate of drug-likeness (QED) is 0.256. The fourth-order valence-electron chi connectivity index (χ4n) is 7.96. The van der Waals surface area contributed by atoms with Gasteiger partial charge >= 0.3 is 0 Å². The lowest BCUT2D eigenvalue weighted by Crippen LogP contribution is -2.57. The predicted octanol–water partition coefficient (Wildman–Crippen LogP) is 2.34. The molecule has 4 saturated heterocycles. The monoisotopic (exact) mass is 608 g/mol. The van der Waals surface area contributed by atoms with Crippen molar-refractivity contribution in [3.63, 3.8) is 0 Å². The van der Waals surface area contributed by atoms with Gasteiger partial charge in [0.1, 0.15) is 11.6 Å². The van der Waals surface area contributed by atoms with Gasteiger partial charge in [0.25, 0.3) is 0 Å². The molecule has 4 heterocycles. The number of unbranched alkanes of at least 4 members (excludes halogenated alkanes) is 1. The van der Waals surface area contributed by atoms with Gasteiger partial charge in [-0.2, -0.15) is 0 Å². The van der Waals surface area contributed by atoms with E-state index in [2.05, 4.69) is 25.0 Å². The molecule has 3 unspecified atom stereocenters. The third-order valence-electron chi connectivity index (χ3n) is 10.2. The summed E-state index contributed by atoms with van der Waals surface area (Å²) in [5, 5.41) is 9.52. The summed E-state index contributed by atoms with van der Waals surface area (Å²) in [6.07, 6.45) is 4.96. The van der Waals surface area contributed by atoms with Crippen molar-refractivity contribution in [2.75, 3.05) is 70.5 Å². The van der Waals surface area contributed by atoms with Crippen molar-refractivity contribution < 1.29 is 29.0 Å². The van der Waals surface area contributed by atoms with E-state index < -0.39 is 29.1 Å². The summed E-state index contributed by atoms with van der Waals surface area (Å²) < 4.78 is 12.5. The number of hydrogen-bond donors (Lipinski definition) is 1. The number of likely N-dealkylation sites (tertiary alicyclic amines) is 1. The van der Waals surface area contributed by atoms with Crippen LogP contribution < -0.4 is 4.90 Å². The zero-order chi connectivity index (χ0) is 31.5. The van der Waals surface area contributed by atoms with Crippen LogP contribution in [0.3, 0.4) is 0 Å². The summed E-state index contributed by atoms with van der Waals surface area (Å²) in [7, 11) is 0. The topological polar surface area (TPSA) is 103 Å². The van der Waals surface area contributed by atoms with Gasteiger partial charge in [0.05, 0.1) is 30.7 Å². The third-order valence-corrected chi connectivity index (χ3v) is 10.2. The highest BCUT2D eigenvalue weighted by atomic mass is 16.5. The van der Waals surface area contributed by atoms with E-state index in [0.29, 0.717) is 58.7 Å². The highest BCUT2D eigenvalue weighted by Gasteiger charge is 2.80. The standard InChI is InChI=1S/C34H48N4O6/c1-5-14-36(18-17-35-19-22-43-23-20-35)32(42)29-34-24-25(3)33(4,44-34)27(28(34)31(41)38(29)16-10-11-21-39)30(40)37(15-6-2)26-12-8-7-9-13-26/h5-9,12-13,25,27-29,39H,1-2,10-11,14-24H2,3-4H3/t25?,27-,28+,29?,33+,34?/m1/s1. The van der Waals surface area contributed by atoms with Crippen LogP contribution in [0.2, 0.25) is 0 Å². The maximum atomic E-state index is 14.7. The van der Waals surface area contributed by atoms with Crippen molar-refractivity contribution in [1.82, 2.24) is 14.7 Å². The normalized spacial score (nSPS) is 31.2. The smallest absolute Gasteiger partial charge is 0.248 e. The van der Waals surface area contributed by atoms with Crippen LogP contribution in [0.15, 0.2) is 55.6 Å². The zero-order valence-electron chi connectivity index (χ0n) is 26.2. The Morgan fingerprint density at radius 1 is 1.07 bits per heavy atom. The minimum atomic E-state index is -1.13. The highest BCUT2D eigenvalue weighted by Crippen LogP contribution is 2.65. The molecule has 0 saturated carbocycles. The first-order chi connectivity index (χ1) is 21.2. The van der Waals surface area contributed by atoms with Crippen LogP contribution in [0.1, 0.15) is 33.1 Å². The Morgan fingerprint density at radius 2 is 1.77 bits per heavy atom. The van der Waals surface area contributed by atoms with Gasteiger partial charge in [0, 0.05) is 58.1 Å². The minimum Gasteiger partial charge on any atom is -0.396 e. The van der Waals surface area contributed by atoms with E-state index in [4.69, 9.17) is 9.47 Å². The van der Waals surface area contributed by atoms with E-state index in [-0.39, 0.29) is 36.8 Å². The zero-order valence-corrected chi connectivity index (χ0v) is 26.2. The average Bonchev–Trinajstić information content (AvgIpc) is 3.54. The van der Waals surface area contributed by atoms with Crippen LogP contribution in [0.4, 0.5) is 5.69 Å². The third kappa shape index (κ3) is 5.62. The number of fused-ring (bicyclic) bond motifs is 1. The molecular formula is C34H48N4O6. The lowest BCUT2D eigenvalue weighted by molar-refractivity contribution is -0.152. The van der Waals surface area contributed by atoms with Gasteiger partial charge in [-0.3, -0.25) is 19.3 Å². The van der Waals surface area contributed by atoms with Crippen LogP contribution in [-0.2, 0) is 23.9 Å². The van der Waals surface area contributed by atoms with E-state index in [1.54, 1.807) is 26.9 Å². The lowest BCUT2D eigenvalue weighted by atomic mass is 9.62. The minimum absolute atomic E-state index is 0.00232. The fourth-order valence-corrected chi connectivity index (χ4v) is 7.96. The number of ether oxygens (including phenoxy) is 2. The van der Waals surface area contributed by atoms with Crippen LogP contribution in [0, 0.1) is 17.8 Å². The molecule has 6 atom stereocenters. The van der Waals surface area contributed by atoms with E-state index >= 15 is 0 Å². The van der Waals surface area contributed by atoms with Gasteiger partial charge in [-0.15, -0.1) is 13.2 Å². The molecule has 0 aromatic heterocycles. The number of anilines is 1. The van der Waals surface area contributed by atoms with Crippen molar-refractivity contribution in [1.29, 1.82) is 0 Å². The van der Waals surface area contributed by atoms with Crippen molar-refractivity contribution in [3.05, 3.63) is 55.6 Å². The number of hydrogen-bond acceptors (Lipinski definition) is 7. The molecule has 4 fully saturated rings. The van der Waals surface area contributed by atoms with Crippen LogP contribution in [0.5, 0.6) is 0 Å². The second-order valence-electron chi connectivity index (χ2n) is 12.8. The number of carbonyl (C=O) groups is 3. The number of para-hydroxylation sites is 1. The van der Waals surface area contributed by atoms with Crippen molar-refractivity contribution in [3.8, 4) is 0 Å². The van der Waals surface area contributed by atoms with Gasteiger partial charge in [-0.1, -0.05) is 37.3 Å². The molecule has 4 aliphatic rings. The molecule has 44 heavy (non-hydrogen) atoms. The first-order valence-corrected chi connectivity index (χ1v) is 16.0. The molecule has 1 aromatic rings. The molecule has 0 radical (unpaired) electrons. The predicted molar refractivity (Wildman–Crippen MR) is 168 cm³/mol. The maximum Gasteiger partial charge on any atom is 0.248 e. The summed E-state index contributed by atoms with van der Waals surface area (Å²) in [4.78, 5) is 51.2. The molecule has 1 spiro atoms. The molecule has 1 aromatic carbocycles. The van der Waals surface area contributed by atoms with Gasteiger partial charge in [0.2, 0.25) is 17.7 Å². The largest absolute Gasteiger partial charge is 0.396 e. The Hall–Kier alpha value is -3.05. The van der Waals surface area contributed by atoms with Crippen molar-refractivity contribution >= 4 is 23.4 Å². The molecule has 3 amide bonds. The van der Waals surface area contributed by atoms with E-state index in [1.807, 2.05) is 37.3 Å². The maximum absolute atomic E-state index is 14.7. The van der Waals surface area contributed by atoms with Crippen molar-refractivity contribution in [2.45, 2.75) is 50.4 Å². The lowest BCUT2D eigenvalue weighted by Gasteiger charge is -2.39. The number of benzene rings is 1. The molecule has 0 aliphatic carbocycles. The number of carbonyl (C=O) groups excluding carboxylic acids is 3. The first-order valence-electron chi connectivity index (χ1n) is 16.0. The van der Waals surface area contributed by atoms with Crippen LogP contribution in [-0.4, -0.2) is 120 Å². The highest BCUT2D eigenvalue weighted by molar-refractivity contribution is 6.03. The summed E-state index contributed by atoms with van der Waals surface area (Å²) in [5.41, 5.74) is -1.32. The second-order valence-corrected chi connectivity index (χ2v) is 12.8. The van der Waals surface area contributed by atoms with E-state index in [1.165, 1.54) is 0 Å². The summed E-state index contributed by atoms with van der Waals surface area (Å²) in [6.45, 7) is 16.9. The van der Waals surface area contributed by atoms with Gasteiger partial charge in [-0.05, 0) is 44.2 Å². The number of aliphatic hydroxyl groups excluding tert-OH is 1. The molecule has 2 bridgehead atoms. The summed E-state index contributed by atoms with van der Waals surface area (Å²) in [6, 6.07) is 8.55. The SMILES string of the molecule is C=CCN(CCN1CCOCC1)C(=O)C1N(CCCCO)C(=O)[C@@H]2[C@H](C(=O)N(CC=C)c3ccccc3)[C@@]3(C)OC12CC3C. The Labute approximate surface area is 261 Å². The summed E-state index contributed by atoms with van der Waals surface area (Å²) >= 11 is 0. The average molecular weight is 609 g/mol. The molecule has 1 N–H and O–H groups in total. The Morgan fingerprint density at radius 3 is 2.43 bits per heavy atom. The van der Waals surface area contributed by atoms with Gasteiger partial charge in [0.15, 0.2) is 0 Å².